The molecule has 0 saturated heterocycles. The highest BCUT2D eigenvalue weighted by Gasteiger charge is 1.99. The lowest BCUT2D eigenvalue weighted by Gasteiger charge is -2.13. The molecule has 3 heteroatoms. The summed E-state index contributed by atoms with van der Waals surface area (Å²) in [5.41, 5.74) is 5.39. The fraction of sp³-hybridized carbons (Fsp3) is 0.400. The standard InChI is InChI=1S/C20H28N2S/c1-21(2)19-9-5-17(6-10-19)13-15-23-16-14-18-7-11-20(12-8-18)22(3)4/h5-12H,13-16H2,1-4H3. The highest BCUT2D eigenvalue weighted by atomic mass is 32.2. The third kappa shape index (κ3) is 5.83. The molecule has 0 spiro atoms. The van der Waals surface area contributed by atoms with Crippen molar-refractivity contribution in [2.75, 3.05) is 49.5 Å². The lowest BCUT2D eigenvalue weighted by Crippen LogP contribution is -2.08. The van der Waals surface area contributed by atoms with Gasteiger partial charge in [0.1, 0.15) is 0 Å². The van der Waals surface area contributed by atoms with E-state index in [4.69, 9.17) is 0 Å². The first kappa shape index (κ1) is 17.7. The van der Waals surface area contributed by atoms with E-state index >= 15 is 0 Å². The minimum absolute atomic E-state index is 1.15. The number of hydrogen-bond acceptors (Lipinski definition) is 3. The van der Waals surface area contributed by atoms with Crippen molar-refractivity contribution in [3.05, 3.63) is 59.7 Å². The van der Waals surface area contributed by atoms with E-state index in [1.54, 1.807) is 0 Å². The molecule has 0 aliphatic carbocycles. The molecule has 0 saturated carbocycles. The van der Waals surface area contributed by atoms with Gasteiger partial charge in [-0.05, 0) is 59.7 Å². The van der Waals surface area contributed by atoms with E-state index in [-0.39, 0.29) is 0 Å². The van der Waals surface area contributed by atoms with Gasteiger partial charge in [0, 0.05) is 39.6 Å². The maximum atomic E-state index is 2.25. The maximum absolute atomic E-state index is 2.25. The number of nitrogens with zero attached hydrogens (tertiary/aromatic N) is 2. The van der Waals surface area contributed by atoms with Crippen molar-refractivity contribution in [3.8, 4) is 0 Å². The van der Waals surface area contributed by atoms with Crippen molar-refractivity contribution in [2.24, 2.45) is 0 Å². The van der Waals surface area contributed by atoms with Gasteiger partial charge < -0.3 is 9.80 Å². The smallest absolute Gasteiger partial charge is 0.0361 e. The molecule has 2 aromatic carbocycles. The molecule has 0 radical (unpaired) electrons. The Hall–Kier alpha value is -1.61. The Morgan fingerprint density at radius 2 is 0.957 bits per heavy atom. The third-order valence-electron chi connectivity index (χ3n) is 3.98. The molecule has 0 aromatic heterocycles. The zero-order chi connectivity index (χ0) is 16.7. The molecule has 124 valence electrons. The van der Waals surface area contributed by atoms with Crippen molar-refractivity contribution in [2.45, 2.75) is 12.8 Å². The Morgan fingerprint density at radius 1 is 0.609 bits per heavy atom. The SMILES string of the molecule is CN(C)c1ccc(CCSCCc2ccc(N(C)C)cc2)cc1. The van der Waals surface area contributed by atoms with Crippen LogP contribution in [0.1, 0.15) is 11.1 Å². The second-order valence-corrected chi connectivity index (χ2v) is 7.46. The molecule has 23 heavy (non-hydrogen) atoms. The van der Waals surface area contributed by atoms with Crippen molar-refractivity contribution < 1.29 is 0 Å². The van der Waals surface area contributed by atoms with E-state index < -0.39 is 0 Å². The van der Waals surface area contributed by atoms with Gasteiger partial charge in [0.05, 0.1) is 0 Å². The molecule has 0 atom stereocenters. The van der Waals surface area contributed by atoms with Crippen LogP contribution in [0.3, 0.4) is 0 Å². The van der Waals surface area contributed by atoms with Gasteiger partial charge in [-0.15, -0.1) is 0 Å². The Kier molecular flexibility index (Phi) is 6.85. The van der Waals surface area contributed by atoms with E-state index in [2.05, 4.69) is 86.5 Å². The monoisotopic (exact) mass is 328 g/mol. The Balaban J connectivity index is 1.67. The van der Waals surface area contributed by atoms with Gasteiger partial charge in [-0.2, -0.15) is 11.8 Å². The first-order valence-corrected chi connectivity index (χ1v) is 9.32. The number of benzene rings is 2. The molecule has 0 unspecified atom stereocenters. The zero-order valence-corrected chi connectivity index (χ0v) is 15.6. The van der Waals surface area contributed by atoms with Crippen molar-refractivity contribution >= 4 is 23.1 Å². The molecule has 0 aliphatic heterocycles. The molecule has 0 amide bonds. The molecular formula is C20H28N2S. The van der Waals surface area contributed by atoms with Crippen LogP contribution in [0.2, 0.25) is 0 Å². The quantitative estimate of drug-likeness (QED) is 0.666. The van der Waals surface area contributed by atoms with Gasteiger partial charge in [-0.3, -0.25) is 0 Å². The summed E-state index contributed by atoms with van der Waals surface area (Å²) < 4.78 is 0. The average molecular weight is 329 g/mol. The fourth-order valence-electron chi connectivity index (χ4n) is 2.40. The van der Waals surface area contributed by atoms with Crippen LogP contribution in [0, 0.1) is 0 Å². The third-order valence-corrected chi connectivity index (χ3v) is 4.96. The topological polar surface area (TPSA) is 6.48 Å². The predicted molar refractivity (Wildman–Crippen MR) is 106 cm³/mol. The number of thioether (sulfide) groups is 1. The van der Waals surface area contributed by atoms with Gasteiger partial charge in [0.2, 0.25) is 0 Å². The highest BCUT2D eigenvalue weighted by Crippen LogP contribution is 2.16. The second-order valence-electron chi connectivity index (χ2n) is 6.23. The van der Waals surface area contributed by atoms with Crippen LogP contribution < -0.4 is 9.80 Å². The summed E-state index contributed by atoms with van der Waals surface area (Å²) in [5.74, 6) is 2.38. The summed E-state index contributed by atoms with van der Waals surface area (Å²) in [4.78, 5) is 4.28. The van der Waals surface area contributed by atoms with Crippen molar-refractivity contribution in [3.63, 3.8) is 0 Å². The summed E-state index contributed by atoms with van der Waals surface area (Å²) in [7, 11) is 8.32. The first-order valence-electron chi connectivity index (χ1n) is 8.16. The Morgan fingerprint density at radius 3 is 1.26 bits per heavy atom. The maximum Gasteiger partial charge on any atom is 0.0361 e. The molecule has 0 fully saturated rings. The van der Waals surface area contributed by atoms with Crippen LogP contribution in [0.4, 0.5) is 11.4 Å². The minimum atomic E-state index is 1.15. The number of rotatable bonds is 8. The van der Waals surface area contributed by atoms with Crippen LogP contribution >= 0.6 is 11.8 Å². The molecule has 2 nitrogen and oxygen atoms in total. The van der Waals surface area contributed by atoms with Crippen LogP contribution in [-0.2, 0) is 12.8 Å². The molecule has 2 aromatic rings. The molecule has 0 bridgehead atoms. The Labute approximate surface area is 145 Å². The number of anilines is 2. The lowest BCUT2D eigenvalue weighted by atomic mass is 10.1. The van der Waals surface area contributed by atoms with E-state index in [1.165, 1.54) is 34.0 Å². The summed E-state index contributed by atoms with van der Waals surface area (Å²) in [6, 6.07) is 17.8. The molecule has 0 N–H and O–H groups in total. The van der Waals surface area contributed by atoms with E-state index in [0.717, 1.165) is 12.8 Å². The van der Waals surface area contributed by atoms with Gasteiger partial charge in [-0.25, -0.2) is 0 Å². The largest absolute Gasteiger partial charge is 0.378 e. The summed E-state index contributed by atoms with van der Waals surface area (Å²) in [5, 5.41) is 0. The van der Waals surface area contributed by atoms with Crippen LogP contribution in [0.5, 0.6) is 0 Å². The normalized spacial score (nSPS) is 10.6. The fourth-order valence-corrected chi connectivity index (χ4v) is 3.37. The number of aryl methyl sites for hydroxylation is 2. The number of hydrogen-bond donors (Lipinski definition) is 0. The summed E-state index contributed by atoms with van der Waals surface area (Å²) in [6.45, 7) is 0. The highest BCUT2D eigenvalue weighted by molar-refractivity contribution is 7.99. The van der Waals surface area contributed by atoms with Crippen LogP contribution in [-0.4, -0.2) is 39.7 Å². The molecule has 0 heterocycles. The van der Waals surface area contributed by atoms with Gasteiger partial charge >= 0.3 is 0 Å². The average Bonchev–Trinajstić information content (AvgIpc) is 2.55. The molecular weight excluding hydrogens is 300 g/mol. The van der Waals surface area contributed by atoms with E-state index in [0.29, 0.717) is 0 Å². The van der Waals surface area contributed by atoms with Crippen molar-refractivity contribution in [1.29, 1.82) is 0 Å². The predicted octanol–water partition coefficient (Wildman–Crippen LogP) is 4.34. The minimum Gasteiger partial charge on any atom is -0.378 e. The van der Waals surface area contributed by atoms with Gasteiger partial charge in [-0.1, -0.05) is 24.3 Å². The van der Waals surface area contributed by atoms with Crippen molar-refractivity contribution in [1.82, 2.24) is 0 Å². The molecule has 0 aliphatic rings. The zero-order valence-electron chi connectivity index (χ0n) is 14.7. The summed E-state index contributed by atoms with van der Waals surface area (Å²) in [6.07, 6.45) is 2.30. The van der Waals surface area contributed by atoms with Gasteiger partial charge in [0.25, 0.3) is 0 Å². The van der Waals surface area contributed by atoms with Gasteiger partial charge in [0.15, 0.2) is 0 Å². The van der Waals surface area contributed by atoms with Crippen LogP contribution in [0.15, 0.2) is 48.5 Å². The summed E-state index contributed by atoms with van der Waals surface area (Å²) >= 11 is 2.04. The second kappa shape index (κ2) is 8.88. The van der Waals surface area contributed by atoms with Crippen LogP contribution in [0.25, 0.3) is 0 Å². The van der Waals surface area contributed by atoms with E-state index in [9.17, 15) is 0 Å². The lowest BCUT2D eigenvalue weighted by molar-refractivity contribution is 1.10. The molecule has 2 rings (SSSR count). The van der Waals surface area contributed by atoms with E-state index in [1.807, 2.05) is 11.8 Å². The Bertz CT molecular complexity index is 520. The first-order chi connectivity index (χ1) is 11.1.